The Morgan fingerprint density at radius 2 is 1.42 bits per heavy atom. The molecular formula is C15H11Cl6N3O2. The van der Waals surface area contributed by atoms with Crippen LogP contribution in [0.15, 0.2) is 36.8 Å². The van der Waals surface area contributed by atoms with Crippen molar-refractivity contribution in [2.45, 2.75) is 14.5 Å². The van der Waals surface area contributed by atoms with Crippen LogP contribution in [0.1, 0.15) is 18.6 Å². The van der Waals surface area contributed by atoms with Crippen LogP contribution >= 0.6 is 69.6 Å². The van der Waals surface area contributed by atoms with Crippen LogP contribution in [-0.4, -0.2) is 21.6 Å². The Hall–Kier alpha value is -0.690. The molecule has 1 aromatic heterocycles. The number of alkyl halides is 6. The number of halogens is 6. The Morgan fingerprint density at radius 1 is 0.923 bits per heavy atom. The summed E-state index contributed by atoms with van der Waals surface area (Å²) in [5, 5.41) is 0. The lowest BCUT2D eigenvalue weighted by Gasteiger charge is -2.15. The maximum atomic E-state index is 5.86. The Balaban J connectivity index is 2.39. The molecule has 0 N–H and O–H groups in total. The summed E-state index contributed by atoms with van der Waals surface area (Å²) in [4.78, 5) is 12.2. The Bertz CT molecular complexity index is 755. The number of rotatable bonds is 5. The van der Waals surface area contributed by atoms with Crippen molar-refractivity contribution in [2.75, 3.05) is 6.61 Å². The molecule has 1 aromatic carbocycles. The lowest BCUT2D eigenvalue weighted by Crippen LogP contribution is -2.16. The van der Waals surface area contributed by atoms with Crippen molar-refractivity contribution in [3.05, 3.63) is 48.4 Å². The van der Waals surface area contributed by atoms with E-state index in [0.29, 0.717) is 17.9 Å². The maximum Gasteiger partial charge on any atom is 0.277 e. The van der Waals surface area contributed by atoms with E-state index in [0.717, 1.165) is 0 Å². The zero-order valence-corrected chi connectivity index (χ0v) is 17.7. The summed E-state index contributed by atoms with van der Waals surface area (Å²) in [5.41, 5.74) is 0.563. The van der Waals surface area contributed by atoms with E-state index >= 15 is 0 Å². The summed E-state index contributed by atoms with van der Waals surface area (Å²) in [6, 6.07) is 6.67. The molecule has 0 bridgehead atoms. The molecule has 0 unspecified atom stereocenters. The van der Waals surface area contributed by atoms with E-state index < -0.39 is 7.59 Å². The predicted molar refractivity (Wildman–Crippen MR) is 105 cm³/mol. The van der Waals surface area contributed by atoms with Gasteiger partial charge in [0, 0.05) is 5.56 Å². The van der Waals surface area contributed by atoms with Crippen molar-refractivity contribution in [3.63, 3.8) is 0 Å². The lowest BCUT2D eigenvalue weighted by atomic mass is 10.2. The van der Waals surface area contributed by atoms with E-state index in [4.69, 9.17) is 79.1 Å². The van der Waals surface area contributed by atoms with Gasteiger partial charge in [-0.2, -0.15) is 0 Å². The summed E-state index contributed by atoms with van der Waals surface area (Å²) < 4.78 is 6.70. The molecule has 0 spiro atoms. The van der Waals surface area contributed by atoms with Crippen molar-refractivity contribution in [1.29, 1.82) is 0 Å². The zero-order valence-electron chi connectivity index (χ0n) is 13.1. The van der Waals surface area contributed by atoms with Crippen molar-refractivity contribution in [2.24, 2.45) is 0 Å². The number of benzene rings is 1. The average molecular weight is 478 g/mol. The van der Waals surface area contributed by atoms with Crippen molar-refractivity contribution < 1.29 is 9.47 Å². The van der Waals surface area contributed by atoms with Crippen molar-refractivity contribution in [1.82, 2.24) is 15.0 Å². The lowest BCUT2D eigenvalue weighted by molar-refractivity contribution is 0.118. The second-order valence-corrected chi connectivity index (χ2v) is 9.30. The van der Waals surface area contributed by atoms with Crippen LogP contribution in [0.4, 0.5) is 0 Å². The smallest absolute Gasteiger partial charge is 0.277 e. The third-order valence-corrected chi connectivity index (χ3v) is 3.81. The third kappa shape index (κ3) is 5.91. The van der Waals surface area contributed by atoms with E-state index in [1.165, 1.54) is 0 Å². The number of hydrogen-bond donors (Lipinski definition) is 0. The predicted octanol–water partition coefficient (Wildman–Crippen LogP) is 6.08. The van der Waals surface area contributed by atoms with Crippen LogP contribution in [0.2, 0.25) is 0 Å². The largest absolute Gasteiger partial charge is 0.466 e. The minimum atomic E-state index is -1.92. The first-order chi connectivity index (χ1) is 12.0. The molecule has 11 heteroatoms. The fourth-order valence-electron chi connectivity index (χ4n) is 1.75. The molecule has 2 rings (SSSR count). The topological polar surface area (TPSA) is 57.1 Å². The highest BCUT2D eigenvalue weighted by molar-refractivity contribution is 6.67. The standard InChI is InChI=1S/C15H11Cl6N3O2/c1-3-25-8(2)26-10-6-4-9(5-7-10)11-22-12(14(16,17)18)24-13(23-11)15(19,20)21/h4-7H,2-3H2,1H3. The molecule has 0 aliphatic heterocycles. The highest BCUT2D eigenvalue weighted by Crippen LogP contribution is 2.40. The van der Waals surface area contributed by atoms with Gasteiger partial charge < -0.3 is 9.47 Å². The van der Waals surface area contributed by atoms with Gasteiger partial charge in [0.1, 0.15) is 5.75 Å². The maximum absolute atomic E-state index is 5.86. The average Bonchev–Trinajstić information content (AvgIpc) is 2.53. The second kappa shape index (κ2) is 8.55. The van der Waals surface area contributed by atoms with Gasteiger partial charge >= 0.3 is 0 Å². The summed E-state index contributed by atoms with van der Waals surface area (Å²) >= 11 is 35.1. The summed E-state index contributed by atoms with van der Waals surface area (Å²) in [6.45, 7) is 5.90. The molecule has 5 nitrogen and oxygen atoms in total. The number of hydrogen-bond acceptors (Lipinski definition) is 5. The van der Waals surface area contributed by atoms with Gasteiger partial charge in [-0.1, -0.05) is 69.6 Å². The van der Waals surface area contributed by atoms with Crippen LogP contribution < -0.4 is 4.74 Å². The molecule has 0 aliphatic rings. The first-order valence-electron chi connectivity index (χ1n) is 7.01. The van der Waals surface area contributed by atoms with Crippen LogP contribution in [0, 0.1) is 0 Å². The van der Waals surface area contributed by atoms with Crippen LogP contribution in [-0.2, 0) is 12.3 Å². The van der Waals surface area contributed by atoms with Crippen molar-refractivity contribution in [3.8, 4) is 17.1 Å². The Morgan fingerprint density at radius 3 is 1.85 bits per heavy atom. The molecule has 26 heavy (non-hydrogen) atoms. The summed E-state index contributed by atoms with van der Waals surface area (Å²) in [7, 11) is 0. The minimum absolute atomic E-state index is 0.165. The van der Waals surface area contributed by atoms with Gasteiger partial charge in [0.25, 0.3) is 5.95 Å². The first-order valence-corrected chi connectivity index (χ1v) is 9.28. The molecule has 2 aromatic rings. The Kier molecular flexibility index (Phi) is 7.10. The number of aromatic nitrogens is 3. The molecule has 0 radical (unpaired) electrons. The normalized spacial score (nSPS) is 12.0. The SMILES string of the molecule is C=C(OCC)Oc1ccc(-c2nc(C(Cl)(Cl)Cl)nc(C(Cl)(Cl)Cl)n2)cc1. The molecule has 0 saturated heterocycles. The van der Waals surface area contributed by atoms with E-state index in [9.17, 15) is 0 Å². The fraction of sp³-hybridized carbons (Fsp3) is 0.267. The molecular weight excluding hydrogens is 467 g/mol. The molecule has 1 heterocycles. The summed E-state index contributed by atoms with van der Waals surface area (Å²) in [6.07, 6.45) is 0. The molecule has 0 aliphatic carbocycles. The third-order valence-electron chi connectivity index (χ3n) is 2.79. The molecule has 140 valence electrons. The van der Waals surface area contributed by atoms with E-state index in [2.05, 4.69) is 21.5 Å². The van der Waals surface area contributed by atoms with Gasteiger partial charge in [-0.25, -0.2) is 15.0 Å². The molecule has 0 amide bonds. The van der Waals surface area contributed by atoms with Gasteiger partial charge in [0.05, 0.1) is 6.61 Å². The van der Waals surface area contributed by atoms with Crippen LogP contribution in [0.25, 0.3) is 11.4 Å². The van der Waals surface area contributed by atoms with E-state index in [-0.39, 0.29) is 23.4 Å². The van der Waals surface area contributed by atoms with Crippen LogP contribution in [0.3, 0.4) is 0 Å². The van der Waals surface area contributed by atoms with Gasteiger partial charge in [-0.05, 0) is 37.8 Å². The zero-order chi connectivity index (χ0) is 19.5. The van der Waals surface area contributed by atoms with E-state index in [1.807, 2.05) is 6.92 Å². The van der Waals surface area contributed by atoms with Gasteiger partial charge in [-0.15, -0.1) is 0 Å². The van der Waals surface area contributed by atoms with Gasteiger partial charge in [0.15, 0.2) is 17.5 Å². The van der Waals surface area contributed by atoms with Gasteiger partial charge in [-0.3, -0.25) is 0 Å². The monoisotopic (exact) mass is 475 g/mol. The molecule has 0 atom stereocenters. The number of ether oxygens (including phenoxy) is 2. The highest BCUT2D eigenvalue weighted by Gasteiger charge is 2.34. The fourth-order valence-corrected chi connectivity index (χ4v) is 2.26. The molecule has 0 fully saturated rings. The Labute approximate surface area is 180 Å². The first kappa shape index (κ1) is 21.6. The van der Waals surface area contributed by atoms with Gasteiger partial charge in [0.2, 0.25) is 7.59 Å². The molecule has 0 saturated carbocycles. The van der Waals surface area contributed by atoms with E-state index in [1.54, 1.807) is 24.3 Å². The van der Waals surface area contributed by atoms with Crippen molar-refractivity contribution >= 4 is 69.6 Å². The summed E-state index contributed by atoms with van der Waals surface area (Å²) in [5.74, 6) is 0.512. The quantitative estimate of drug-likeness (QED) is 0.386. The minimum Gasteiger partial charge on any atom is -0.466 e. The van der Waals surface area contributed by atoms with Crippen LogP contribution in [0.5, 0.6) is 5.75 Å². The highest BCUT2D eigenvalue weighted by atomic mass is 35.6. The second-order valence-electron chi connectivity index (χ2n) is 4.73. The number of nitrogens with zero attached hydrogens (tertiary/aromatic N) is 3.